The van der Waals surface area contributed by atoms with E-state index in [0.717, 1.165) is 11.3 Å². The largest absolute Gasteiger partial charge is 0.479 e. The highest BCUT2D eigenvalue weighted by Gasteiger charge is 2.15. The number of ether oxygens (including phenoxy) is 2. The van der Waals surface area contributed by atoms with Crippen LogP contribution in [0.1, 0.15) is 29.8 Å². The Bertz CT molecular complexity index is 692. The summed E-state index contributed by atoms with van der Waals surface area (Å²) < 4.78 is 10.4. The van der Waals surface area contributed by atoms with Gasteiger partial charge in [-0.05, 0) is 57.2 Å². The van der Waals surface area contributed by atoms with E-state index in [1.807, 2.05) is 31.2 Å². The summed E-state index contributed by atoms with van der Waals surface area (Å²) in [5, 5.41) is 2.83. The molecule has 0 saturated heterocycles. The molecule has 1 atom stereocenters. The van der Waals surface area contributed by atoms with Gasteiger partial charge in [0.25, 0.3) is 5.91 Å². The third-order valence-corrected chi connectivity index (χ3v) is 3.36. The summed E-state index contributed by atoms with van der Waals surface area (Å²) in [7, 11) is 0. The van der Waals surface area contributed by atoms with Crippen molar-refractivity contribution in [2.75, 3.05) is 11.9 Å². The molecule has 5 nitrogen and oxygen atoms in total. The molecule has 2 rings (SSSR count). The molecule has 0 spiro atoms. The summed E-state index contributed by atoms with van der Waals surface area (Å²) in [5.41, 5.74) is 2.37. The lowest BCUT2D eigenvalue weighted by molar-refractivity contribution is -0.150. The molecule has 0 aliphatic carbocycles. The van der Waals surface area contributed by atoms with Gasteiger partial charge in [-0.15, -0.1) is 0 Å². The van der Waals surface area contributed by atoms with Gasteiger partial charge in [0.05, 0.1) is 6.61 Å². The van der Waals surface area contributed by atoms with Gasteiger partial charge in [-0.2, -0.15) is 0 Å². The fraction of sp³-hybridized carbons (Fsp3) is 0.263. The highest BCUT2D eigenvalue weighted by Crippen LogP contribution is 2.16. The number of hydrogen-bond acceptors (Lipinski definition) is 4. The third kappa shape index (κ3) is 4.84. The highest BCUT2D eigenvalue weighted by atomic mass is 16.6. The molecule has 0 unspecified atom stereocenters. The summed E-state index contributed by atoms with van der Waals surface area (Å²) in [5.74, 6) is -0.120. The Morgan fingerprint density at radius 2 is 1.67 bits per heavy atom. The first-order valence-electron chi connectivity index (χ1n) is 7.81. The second-order valence-corrected chi connectivity index (χ2v) is 5.36. The molecule has 2 aromatic rings. The summed E-state index contributed by atoms with van der Waals surface area (Å²) in [6.07, 6.45) is -0.697. The van der Waals surface area contributed by atoms with Crippen LogP contribution in [0, 0.1) is 6.92 Å². The number of hydrogen-bond donors (Lipinski definition) is 1. The minimum Gasteiger partial charge on any atom is -0.479 e. The number of carbonyl (C=O) groups excluding carboxylic acids is 2. The van der Waals surface area contributed by atoms with E-state index in [9.17, 15) is 9.59 Å². The molecule has 24 heavy (non-hydrogen) atoms. The zero-order valence-electron chi connectivity index (χ0n) is 14.0. The molecule has 0 bridgehead atoms. The Morgan fingerprint density at radius 1 is 1.04 bits per heavy atom. The average Bonchev–Trinajstić information content (AvgIpc) is 2.57. The third-order valence-electron chi connectivity index (χ3n) is 3.36. The number of nitrogens with one attached hydrogen (secondary N) is 1. The fourth-order valence-electron chi connectivity index (χ4n) is 2.04. The van der Waals surface area contributed by atoms with Crippen molar-refractivity contribution in [1.82, 2.24) is 0 Å². The Morgan fingerprint density at radius 3 is 2.25 bits per heavy atom. The van der Waals surface area contributed by atoms with Crippen molar-refractivity contribution in [3.63, 3.8) is 0 Å². The van der Waals surface area contributed by atoms with E-state index in [1.165, 1.54) is 0 Å². The van der Waals surface area contributed by atoms with Crippen LogP contribution in [-0.4, -0.2) is 24.6 Å². The number of aryl methyl sites for hydroxylation is 1. The highest BCUT2D eigenvalue weighted by molar-refractivity contribution is 6.04. The first-order chi connectivity index (χ1) is 11.5. The molecule has 1 amide bonds. The van der Waals surface area contributed by atoms with E-state index in [1.54, 1.807) is 38.1 Å². The number of amides is 1. The Hall–Kier alpha value is -2.82. The lowest BCUT2D eigenvalue weighted by atomic mass is 10.2. The molecule has 0 heterocycles. The van der Waals surface area contributed by atoms with Gasteiger partial charge >= 0.3 is 5.97 Å². The van der Waals surface area contributed by atoms with Gasteiger partial charge in [0.1, 0.15) is 5.75 Å². The lowest BCUT2D eigenvalue weighted by Crippen LogP contribution is -2.26. The van der Waals surface area contributed by atoms with Crippen molar-refractivity contribution in [3.05, 3.63) is 59.7 Å². The Labute approximate surface area is 141 Å². The van der Waals surface area contributed by atoms with E-state index in [-0.39, 0.29) is 5.91 Å². The normalized spacial score (nSPS) is 11.5. The SMILES string of the molecule is CCOC(=O)[C@@H](C)Oc1ccc(C(=O)Nc2ccc(C)cc2)cc1. The lowest BCUT2D eigenvalue weighted by Gasteiger charge is -2.13. The van der Waals surface area contributed by atoms with Crippen LogP contribution >= 0.6 is 0 Å². The first kappa shape index (κ1) is 17.5. The molecular formula is C19H21NO4. The van der Waals surface area contributed by atoms with Gasteiger partial charge in [-0.3, -0.25) is 4.79 Å². The molecule has 0 aromatic heterocycles. The van der Waals surface area contributed by atoms with Crippen LogP contribution in [0.25, 0.3) is 0 Å². The zero-order chi connectivity index (χ0) is 17.5. The molecule has 0 fully saturated rings. The topological polar surface area (TPSA) is 64.6 Å². The van der Waals surface area contributed by atoms with Crippen LogP contribution in [0.2, 0.25) is 0 Å². The van der Waals surface area contributed by atoms with E-state index in [0.29, 0.717) is 17.9 Å². The molecular weight excluding hydrogens is 306 g/mol. The van der Waals surface area contributed by atoms with E-state index in [2.05, 4.69) is 5.32 Å². The second kappa shape index (κ2) is 8.15. The van der Waals surface area contributed by atoms with Crippen LogP contribution in [0.3, 0.4) is 0 Å². The summed E-state index contributed by atoms with van der Waals surface area (Å²) >= 11 is 0. The van der Waals surface area contributed by atoms with Crippen molar-refractivity contribution in [2.24, 2.45) is 0 Å². The van der Waals surface area contributed by atoms with Crippen LogP contribution < -0.4 is 10.1 Å². The van der Waals surface area contributed by atoms with Gasteiger partial charge in [0, 0.05) is 11.3 Å². The number of esters is 1. The maximum absolute atomic E-state index is 12.2. The second-order valence-electron chi connectivity index (χ2n) is 5.36. The Balaban J connectivity index is 1.97. The maximum atomic E-state index is 12.2. The van der Waals surface area contributed by atoms with Crippen LogP contribution in [-0.2, 0) is 9.53 Å². The van der Waals surface area contributed by atoms with Gasteiger partial charge in [0.15, 0.2) is 6.10 Å². The predicted octanol–water partition coefficient (Wildman–Crippen LogP) is 3.58. The average molecular weight is 327 g/mol. The minimum atomic E-state index is -0.697. The number of carbonyl (C=O) groups is 2. The van der Waals surface area contributed by atoms with Gasteiger partial charge in [-0.1, -0.05) is 17.7 Å². The molecule has 1 N–H and O–H groups in total. The molecule has 0 radical (unpaired) electrons. The summed E-state index contributed by atoms with van der Waals surface area (Å²) in [6, 6.07) is 14.2. The predicted molar refractivity (Wildman–Crippen MR) is 92.3 cm³/mol. The van der Waals surface area contributed by atoms with E-state index in [4.69, 9.17) is 9.47 Å². The van der Waals surface area contributed by atoms with Crippen molar-refractivity contribution < 1.29 is 19.1 Å². The fourth-order valence-corrected chi connectivity index (χ4v) is 2.04. The van der Waals surface area contributed by atoms with Gasteiger partial charge in [-0.25, -0.2) is 4.79 Å². The van der Waals surface area contributed by atoms with Crippen molar-refractivity contribution in [1.29, 1.82) is 0 Å². The first-order valence-corrected chi connectivity index (χ1v) is 7.81. The molecule has 0 aliphatic rings. The molecule has 126 valence electrons. The van der Waals surface area contributed by atoms with Gasteiger partial charge in [0.2, 0.25) is 0 Å². The summed E-state index contributed by atoms with van der Waals surface area (Å²) in [4.78, 5) is 23.7. The number of benzene rings is 2. The number of anilines is 1. The Kier molecular flexibility index (Phi) is 5.95. The molecule has 2 aromatic carbocycles. The molecule has 0 saturated carbocycles. The standard InChI is InChI=1S/C19H21NO4/c1-4-23-19(22)14(3)24-17-11-7-15(8-12-17)18(21)20-16-9-5-13(2)6-10-16/h5-12,14H,4H2,1-3H3,(H,20,21)/t14-/m1/s1. The smallest absolute Gasteiger partial charge is 0.347 e. The quantitative estimate of drug-likeness (QED) is 0.824. The molecule has 5 heteroatoms. The minimum absolute atomic E-state index is 0.205. The van der Waals surface area contributed by atoms with E-state index < -0.39 is 12.1 Å². The van der Waals surface area contributed by atoms with Crippen molar-refractivity contribution in [2.45, 2.75) is 26.9 Å². The maximum Gasteiger partial charge on any atom is 0.347 e. The molecule has 0 aliphatic heterocycles. The van der Waals surface area contributed by atoms with Crippen LogP contribution in [0.5, 0.6) is 5.75 Å². The van der Waals surface area contributed by atoms with E-state index >= 15 is 0 Å². The summed E-state index contributed by atoms with van der Waals surface area (Å²) in [6.45, 7) is 5.66. The van der Waals surface area contributed by atoms with Crippen molar-refractivity contribution >= 4 is 17.6 Å². The zero-order valence-corrected chi connectivity index (χ0v) is 14.0. The monoisotopic (exact) mass is 327 g/mol. The number of rotatable bonds is 6. The van der Waals surface area contributed by atoms with Gasteiger partial charge < -0.3 is 14.8 Å². The van der Waals surface area contributed by atoms with Crippen LogP contribution in [0.15, 0.2) is 48.5 Å². The van der Waals surface area contributed by atoms with Crippen molar-refractivity contribution in [3.8, 4) is 5.75 Å². The van der Waals surface area contributed by atoms with Crippen LogP contribution in [0.4, 0.5) is 5.69 Å².